The van der Waals surface area contributed by atoms with Crippen molar-refractivity contribution in [3.8, 4) is 0 Å². The van der Waals surface area contributed by atoms with Crippen molar-refractivity contribution in [2.45, 2.75) is 39.8 Å². The van der Waals surface area contributed by atoms with Gasteiger partial charge in [-0.1, -0.05) is 30.3 Å². The van der Waals surface area contributed by atoms with Gasteiger partial charge in [0, 0.05) is 12.5 Å². The van der Waals surface area contributed by atoms with Crippen molar-refractivity contribution in [1.29, 1.82) is 0 Å². The van der Waals surface area contributed by atoms with Crippen LogP contribution in [0.2, 0.25) is 0 Å². The van der Waals surface area contributed by atoms with Crippen LogP contribution in [-0.2, 0) is 16.1 Å². The molecule has 0 N–H and O–H groups in total. The Hall–Kier alpha value is -1.84. The molecular weight excluding hydrogens is 230 g/mol. The van der Waals surface area contributed by atoms with Crippen molar-refractivity contribution in [2.75, 3.05) is 0 Å². The first kappa shape index (κ1) is 14.2. The van der Waals surface area contributed by atoms with Gasteiger partial charge in [0.15, 0.2) is 6.54 Å². The standard InChI is InChI=1S/C14H19NO3/c1-11(13(16)18-14(2,3)4)15(17)10-12-8-6-5-7-9-12/h5-9H,10H2,1-4H3/b15-11+. The number of ether oxygens (including phenoxy) is 1. The van der Waals surface area contributed by atoms with Gasteiger partial charge in [0.1, 0.15) is 5.60 Å². The predicted octanol–water partition coefficient (Wildman–Crippen LogP) is 2.50. The molecule has 0 aromatic heterocycles. The summed E-state index contributed by atoms with van der Waals surface area (Å²) in [6, 6.07) is 9.27. The molecule has 0 amide bonds. The Morgan fingerprint density at radius 1 is 1.28 bits per heavy atom. The molecule has 0 saturated carbocycles. The summed E-state index contributed by atoms with van der Waals surface area (Å²) in [6.45, 7) is 6.93. The Balaban J connectivity index is 2.76. The van der Waals surface area contributed by atoms with Crippen molar-refractivity contribution in [1.82, 2.24) is 0 Å². The van der Waals surface area contributed by atoms with E-state index in [9.17, 15) is 10.0 Å². The van der Waals surface area contributed by atoms with Crippen LogP contribution < -0.4 is 0 Å². The first-order valence-corrected chi connectivity index (χ1v) is 5.85. The van der Waals surface area contributed by atoms with Crippen LogP contribution in [-0.4, -0.2) is 22.0 Å². The molecule has 0 aliphatic carbocycles. The Labute approximate surface area is 107 Å². The SMILES string of the molecule is C/C(C(=O)OC(C)(C)C)=[N+](\[O-])Cc1ccccc1. The summed E-state index contributed by atoms with van der Waals surface area (Å²) in [5.74, 6) is -0.576. The van der Waals surface area contributed by atoms with Crippen molar-refractivity contribution >= 4 is 11.7 Å². The van der Waals surface area contributed by atoms with E-state index in [0.29, 0.717) is 4.74 Å². The highest BCUT2D eigenvalue weighted by molar-refractivity contribution is 6.33. The summed E-state index contributed by atoms with van der Waals surface area (Å²) >= 11 is 0. The topological polar surface area (TPSA) is 52.4 Å². The van der Waals surface area contributed by atoms with Gasteiger partial charge in [0.25, 0.3) is 5.71 Å². The third-order valence-corrected chi connectivity index (χ3v) is 2.24. The van der Waals surface area contributed by atoms with Crippen LogP contribution in [0.4, 0.5) is 0 Å². The summed E-state index contributed by atoms with van der Waals surface area (Å²) < 4.78 is 5.80. The molecule has 98 valence electrons. The van der Waals surface area contributed by atoms with Crippen LogP contribution in [0.15, 0.2) is 30.3 Å². The molecule has 0 fully saturated rings. The van der Waals surface area contributed by atoms with Gasteiger partial charge in [-0.15, -0.1) is 0 Å². The number of carbonyl (C=O) groups excluding carboxylic acids is 1. The highest BCUT2D eigenvalue weighted by Crippen LogP contribution is 2.08. The molecule has 0 aliphatic rings. The molecule has 4 nitrogen and oxygen atoms in total. The zero-order valence-corrected chi connectivity index (χ0v) is 11.3. The molecule has 0 bridgehead atoms. The Morgan fingerprint density at radius 3 is 2.33 bits per heavy atom. The smallest absolute Gasteiger partial charge is 0.400 e. The molecule has 4 heteroatoms. The third-order valence-electron chi connectivity index (χ3n) is 2.24. The van der Waals surface area contributed by atoms with Crippen LogP contribution in [0.1, 0.15) is 33.3 Å². The largest absolute Gasteiger partial charge is 0.623 e. The van der Waals surface area contributed by atoms with Crippen molar-refractivity contribution in [2.24, 2.45) is 0 Å². The minimum Gasteiger partial charge on any atom is -0.623 e. The molecule has 1 rings (SSSR count). The van der Waals surface area contributed by atoms with E-state index in [1.54, 1.807) is 20.8 Å². The maximum Gasteiger partial charge on any atom is 0.400 e. The maximum atomic E-state index is 11.8. The number of carbonyl (C=O) groups is 1. The lowest BCUT2D eigenvalue weighted by molar-refractivity contribution is -0.475. The van der Waals surface area contributed by atoms with Crippen molar-refractivity contribution in [3.05, 3.63) is 41.1 Å². The summed E-state index contributed by atoms with van der Waals surface area (Å²) in [7, 11) is 0. The Morgan fingerprint density at radius 2 is 1.83 bits per heavy atom. The minimum absolute atomic E-state index is 0.0637. The van der Waals surface area contributed by atoms with Gasteiger partial charge in [-0.25, -0.2) is 4.79 Å². The van der Waals surface area contributed by atoms with E-state index < -0.39 is 11.6 Å². The predicted molar refractivity (Wildman–Crippen MR) is 70.3 cm³/mol. The molecule has 1 aromatic carbocycles. The number of hydrogen-bond donors (Lipinski definition) is 0. The second-order valence-electron chi connectivity index (χ2n) is 5.11. The summed E-state index contributed by atoms with van der Waals surface area (Å²) in [6.07, 6.45) is 0. The fraction of sp³-hybridized carbons (Fsp3) is 0.429. The van der Waals surface area contributed by atoms with Crippen molar-refractivity contribution < 1.29 is 14.3 Å². The highest BCUT2D eigenvalue weighted by Gasteiger charge is 2.23. The summed E-state index contributed by atoms with van der Waals surface area (Å²) in [5, 5.41) is 11.8. The van der Waals surface area contributed by atoms with E-state index in [1.807, 2.05) is 30.3 Å². The number of rotatable bonds is 3. The van der Waals surface area contributed by atoms with Gasteiger partial charge in [0.05, 0.1) is 0 Å². The van der Waals surface area contributed by atoms with Gasteiger partial charge in [-0.05, 0) is 20.8 Å². The summed E-state index contributed by atoms with van der Waals surface area (Å²) in [4.78, 5) is 11.7. The normalized spacial score (nSPS) is 12.9. The lowest BCUT2D eigenvalue weighted by Crippen LogP contribution is -2.31. The molecule has 18 heavy (non-hydrogen) atoms. The Bertz CT molecular complexity index is 444. The van der Waals surface area contributed by atoms with E-state index in [0.717, 1.165) is 5.56 Å². The fourth-order valence-electron chi connectivity index (χ4n) is 1.32. The van der Waals surface area contributed by atoms with E-state index in [-0.39, 0.29) is 12.3 Å². The van der Waals surface area contributed by atoms with Crippen LogP contribution in [0, 0.1) is 5.21 Å². The number of hydrogen-bond acceptors (Lipinski definition) is 3. The molecule has 0 spiro atoms. The zero-order chi connectivity index (χ0) is 13.8. The molecular formula is C14H19NO3. The van der Waals surface area contributed by atoms with Crippen molar-refractivity contribution in [3.63, 3.8) is 0 Å². The quantitative estimate of drug-likeness (QED) is 0.272. The average molecular weight is 249 g/mol. The third kappa shape index (κ3) is 4.57. The molecule has 0 unspecified atom stereocenters. The number of benzene rings is 1. The van der Waals surface area contributed by atoms with Gasteiger partial charge in [0.2, 0.25) is 0 Å². The lowest BCUT2D eigenvalue weighted by atomic mass is 10.2. The van der Waals surface area contributed by atoms with Gasteiger partial charge < -0.3 is 9.94 Å². The Kier molecular flexibility index (Phi) is 4.48. The number of esters is 1. The monoisotopic (exact) mass is 249 g/mol. The highest BCUT2D eigenvalue weighted by atomic mass is 16.6. The average Bonchev–Trinajstić information content (AvgIpc) is 2.27. The fourth-order valence-corrected chi connectivity index (χ4v) is 1.32. The van der Waals surface area contributed by atoms with Gasteiger partial charge >= 0.3 is 5.97 Å². The maximum absolute atomic E-state index is 11.8. The van der Waals surface area contributed by atoms with Crippen LogP contribution in [0.25, 0.3) is 0 Å². The molecule has 0 radical (unpaired) electrons. The van der Waals surface area contributed by atoms with Crippen LogP contribution >= 0.6 is 0 Å². The van der Waals surface area contributed by atoms with Gasteiger partial charge in [-0.2, -0.15) is 4.74 Å². The summed E-state index contributed by atoms with van der Waals surface area (Å²) in [5.41, 5.74) is 0.329. The van der Waals surface area contributed by atoms with Crippen LogP contribution in [0.3, 0.4) is 0 Å². The number of hydroxylamine groups is 1. The van der Waals surface area contributed by atoms with E-state index in [4.69, 9.17) is 4.74 Å². The second-order valence-corrected chi connectivity index (χ2v) is 5.11. The first-order valence-electron chi connectivity index (χ1n) is 5.85. The minimum atomic E-state index is -0.591. The van der Waals surface area contributed by atoms with E-state index in [1.165, 1.54) is 6.92 Å². The zero-order valence-electron chi connectivity index (χ0n) is 11.3. The van der Waals surface area contributed by atoms with Crippen LogP contribution in [0.5, 0.6) is 0 Å². The molecule has 0 aliphatic heterocycles. The van der Waals surface area contributed by atoms with Gasteiger partial charge in [-0.3, -0.25) is 0 Å². The second kappa shape index (κ2) is 5.67. The van der Waals surface area contributed by atoms with E-state index in [2.05, 4.69) is 0 Å². The molecule has 0 saturated heterocycles. The molecule has 1 aromatic rings. The number of nitrogens with zero attached hydrogens (tertiary/aromatic N) is 1. The first-order chi connectivity index (χ1) is 8.29. The molecule has 0 heterocycles. The molecule has 0 atom stereocenters. The van der Waals surface area contributed by atoms with E-state index >= 15 is 0 Å². The lowest BCUT2D eigenvalue weighted by Gasteiger charge is -2.19.